The summed E-state index contributed by atoms with van der Waals surface area (Å²) in [6.45, 7) is 0. The van der Waals surface area contributed by atoms with Gasteiger partial charge in [0.15, 0.2) is 0 Å². The topological polar surface area (TPSA) is 0 Å². The van der Waals surface area contributed by atoms with Crippen LogP contribution in [-0.4, -0.2) is 35.3 Å². The van der Waals surface area contributed by atoms with Gasteiger partial charge in [0.2, 0.25) is 0 Å². The first kappa shape index (κ1) is 8.84. The first-order valence-corrected chi connectivity index (χ1v) is 16.9. The van der Waals surface area contributed by atoms with Crippen LogP contribution in [0.3, 0.4) is 0 Å². The van der Waals surface area contributed by atoms with Crippen molar-refractivity contribution in [1.82, 2.24) is 0 Å². The summed E-state index contributed by atoms with van der Waals surface area (Å²) < 4.78 is 0. The molecule has 0 unspecified atom stereocenters. The summed E-state index contributed by atoms with van der Waals surface area (Å²) in [6, 6.07) is 0. The average Bonchev–Trinajstić information content (AvgIpc) is 2.28. The molecule has 0 amide bonds. The molecule has 0 N–H and O–H groups in total. The molecule has 2 rings (SSSR count). The Morgan fingerprint density at radius 1 is 1.00 bits per heavy atom. The first-order chi connectivity index (χ1) is 4.97. The second-order valence-electron chi connectivity index (χ2n) is 1.63. The van der Waals surface area contributed by atoms with Crippen molar-refractivity contribution in [3.63, 3.8) is 0 Å². The minimum atomic E-state index is 0.888. The van der Waals surface area contributed by atoms with Crippen LogP contribution in [0.2, 0.25) is 0 Å². The quantitative estimate of drug-likeness (QED) is 0.587. The average molecular weight is 364 g/mol. The van der Waals surface area contributed by atoms with Gasteiger partial charge in [-0.2, -0.15) is 0 Å². The Bertz CT molecular complexity index is 109. The summed E-state index contributed by atoms with van der Waals surface area (Å²) in [5.74, 6) is 0. The van der Waals surface area contributed by atoms with Gasteiger partial charge in [-0.3, -0.25) is 0 Å². The van der Waals surface area contributed by atoms with Crippen LogP contribution in [0.25, 0.3) is 0 Å². The van der Waals surface area contributed by atoms with Crippen LogP contribution in [0.4, 0.5) is 0 Å². The number of hydrogen-bond acceptors (Lipinski definition) is 2. The van der Waals surface area contributed by atoms with E-state index in [-0.39, 0.29) is 0 Å². The van der Waals surface area contributed by atoms with Crippen molar-refractivity contribution >= 4 is 55.7 Å². The third-order valence-corrected chi connectivity index (χ3v) is 33.3. The molecule has 2 fully saturated rings. The molecule has 53 valence electrons. The monoisotopic (exact) mass is 367 g/mol. The molecule has 1 aliphatic heterocycles. The van der Waals surface area contributed by atoms with Crippen molar-refractivity contribution in [2.24, 2.45) is 0 Å². The van der Waals surface area contributed by atoms with Crippen molar-refractivity contribution in [1.29, 1.82) is 0 Å². The summed E-state index contributed by atoms with van der Waals surface area (Å²) in [5.41, 5.74) is 0. The van der Waals surface area contributed by atoms with Gasteiger partial charge >= 0.3 is 85.4 Å². The van der Waals surface area contributed by atoms with Gasteiger partial charge in [0.05, 0.1) is 0 Å². The second kappa shape index (κ2) is 4.48. The molecule has 10 heavy (non-hydrogen) atoms. The van der Waals surface area contributed by atoms with E-state index in [0.29, 0.717) is 0 Å². The number of hydrogen-bond donors (Lipinski definition) is 0. The predicted octanol–water partition coefficient (Wildman–Crippen LogP) is 0.929. The molecule has 2 aliphatic rings. The van der Waals surface area contributed by atoms with Gasteiger partial charge in [0.25, 0.3) is 0 Å². The molecule has 1 saturated carbocycles. The van der Waals surface area contributed by atoms with E-state index in [0.717, 1.165) is 35.3 Å². The Labute approximate surface area is 84.5 Å². The molecule has 5 heteroatoms. The van der Waals surface area contributed by atoms with Crippen molar-refractivity contribution < 1.29 is 0 Å². The molecule has 0 aromatic heterocycles. The molecular formula is C5H3S2Se3. The van der Waals surface area contributed by atoms with Crippen LogP contribution in [0.15, 0.2) is 0 Å². The zero-order valence-corrected chi connectivity index (χ0v) is 11.5. The van der Waals surface area contributed by atoms with E-state index in [1.807, 2.05) is 0 Å². The first-order valence-electron chi connectivity index (χ1n) is 2.57. The van der Waals surface area contributed by atoms with Gasteiger partial charge in [-0.25, -0.2) is 0 Å². The van der Waals surface area contributed by atoms with Gasteiger partial charge < -0.3 is 0 Å². The maximum atomic E-state index is 2.26. The van der Waals surface area contributed by atoms with Crippen LogP contribution in [0, 0.1) is 29.8 Å². The molecule has 0 nitrogen and oxygen atoms in total. The molecule has 0 aromatic rings. The van der Waals surface area contributed by atoms with E-state index in [1.165, 1.54) is 0 Å². The number of rotatable bonds is 0. The standard InChI is InChI=1S/C5H3S2Se3/c1-2-4-5(3-1)7-9-10-8-6-4/h1-3H. The van der Waals surface area contributed by atoms with E-state index >= 15 is 0 Å². The fraction of sp³-hybridized carbons (Fsp3) is 0. The molecule has 1 saturated heterocycles. The zero-order chi connectivity index (χ0) is 6.81. The fourth-order valence-electron chi connectivity index (χ4n) is 0.637. The van der Waals surface area contributed by atoms with Crippen LogP contribution >= 0.6 is 20.4 Å². The number of fused-ring (bicyclic) bond motifs is 1. The summed E-state index contributed by atoms with van der Waals surface area (Å²) in [5, 5.41) is 3.09. The Hall–Kier alpha value is 2.26. The Morgan fingerprint density at radius 3 is 2.20 bits per heavy atom. The summed E-state index contributed by atoms with van der Waals surface area (Å²) in [7, 11) is 4.20. The van der Waals surface area contributed by atoms with Crippen molar-refractivity contribution in [3.05, 3.63) is 29.8 Å². The molecule has 0 aromatic carbocycles. The molecule has 0 atom stereocenters. The molecule has 5 radical (unpaired) electrons. The van der Waals surface area contributed by atoms with Crippen molar-refractivity contribution in [2.75, 3.05) is 0 Å². The SMILES string of the molecule is [CH]1[CH][C]2S[Se][Se][Se]S[C]2[CH]1. The van der Waals surface area contributed by atoms with Crippen molar-refractivity contribution in [2.45, 2.75) is 0 Å². The van der Waals surface area contributed by atoms with Crippen LogP contribution in [0.1, 0.15) is 0 Å². The van der Waals surface area contributed by atoms with Crippen LogP contribution in [-0.2, 0) is 0 Å². The summed E-state index contributed by atoms with van der Waals surface area (Å²) in [4.78, 5) is 0. The molecule has 1 heterocycles. The molecule has 1 aliphatic carbocycles. The summed E-state index contributed by atoms with van der Waals surface area (Å²) >= 11 is 2.76. The minimum absolute atomic E-state index is 0.888. The van der Waals surface area contributed by atoms with Crippen LogP contribution < -0.4 is 0 Å². The van der Waals surface area contributed by atoms with E-state index in [4.69, 9.17) is 0 Å². The normalized spacial score (nSPS) is 30.0. The molecular weight excluding hydrogens is 361 g/mol. The van der Waals surface area contributed by atoms with E-state index in [2.05, 4.69) is 39.6 Å². The van der Waals surface area contributed by atoms with Gasteiger partial charge in [-0.1, -0.05) is 0 Å². The maximum absolute atomic E-state index is 2.26. The third kappa shape index (κ3) is 2.14. The zero-order valence-electron chi connectivity index (χ0n) is 4.77. The van der Waals surface area contributed by atoms with E-state index in [9.17, 15) is 0 Å². The van der Waals surface area contributed by atoms with E-state index < -0.39 is 0 Å². The Morgan fingerprint density at radius 2 is 1.60 bits per heavy atom. The van der Waals surface area contributed by atoms with E-state index in [1.54, 1.807) is 10.5 Å². The van der Waals surface area contributed by atoms with Gasteiger partial charge in [-0.15, -0.1) is 0 Å². The molecule has 0 bridgehead atoms. The van der Waals surface area contributed by atoms with Crippen LogP contribution in [0.5, 0.6) is 0 Å². The fourth-order valence-corrected chi connectivity index (χ4v) is 35.8. The molecule has 0 spiro atoms. The van der Waals surface area contributed by atoms with Crippen molar-refractivity contribution in [3.8, 4) is 0 Å². The summed E-state index contributed by atoms with van der Waals surface area (Å²) in [6.07, 6.45) is 6.69. The van der Waals surface area contributed by atoms with Gasteiger partial charge in [0, 0.05) is 0 Å². The Balaban J connectivity index is 1.95. The van der Waals surface area contributed by atoms with Gasteiger partial charge in [0.1, 0.15) is 0 Å². The Kier molecular flexibility index (Phi) is 3.96. The third-order valence-electron chi connectivity index (χ3n) is 1.04. The van der Waals surface area contributed by atoms with Gasteiger partial charge in [-0.05, 0) is 0 Å². The second-order valence-corrected chi connectivity index (χ2v) is 25.3. The predicted molar refractivity (Wildman–Crippen MR) is 51.8 cm³/mol.